The van der Waals surface area contributed by atoms with Crippen LogP contribution in [0.2, 0.25) is 0 Å². The molecule has 1 N–H and O–H groups in total. The summed E-state index contributed by atoms with van der Waals surface area (Å²) in [5.41, 5.74) is 1.86. The Morgan fingerprint density at radius 2 is 2.07 bits per heavy atom. The number of carbonyl (C=O) groups is 1. The Morgan fingerprint density at radius 3 is 2.81 bits per heavy atom. The highest BCUT2D eigenvalue weighted by Crippen LogP contribution is 2.28. The fraction of sp³-hybridized carbons (Fsp3) is 0.222. The number of aromatic nitrogens is 4. The Morgan fingerprint density at radius 1 is 1.22 bits per heavy atom. The molecule has 0 atom stereocenters. The predicted molar refractivity (Wildman–Crippen MR) is 103 cm³/mol. The lowest BCUT2D eigenvalue weighted by Crippen LogP contribution is -2.12. The predicted octanol–water partition coefficient (Wildman–Crippen LogP) is 3.04. The van der Waals surface area contributed by atoms with Gasteiger partial charge in [-0.15, -0.1) is 5.10 Å². The first-order valence-electron chi connectivity index (χ1n) is 8.21. The molecule has 1 aromatic heterocycles. The molecule has 0 fully saturated rings. The number of amides is 1. The van der Waals surface area contributed by atoms with Gasteiger partial charge in [-0.25, -0.2) is 0 Å². The molecule has 0 aliphatic heterocycles. The van der Waals surface area contributed by atoms with Crippen molar-refractivity contribution in [3.05, 3.63) is 48.0 Å². The molecule has 3 aromatic rings. The van der Waals surface area contributed by atoms with Crippen molar-refractivity contribution in [3.8, 4) is 17.2 Å². The number of ether oxygens (including phenoxy) is 2. The number of nitrogens with zero attached hydrogens (tertiary/aromatic N) is 4. The Kier molecular flexibility index (Phi) is 5.92. The summed E-state index contributed by atoms with van der Waals surface area (Å²) in [5.74, 6) is 0.857. The van der Waals surface area contributed by atoms with Gasteiger partial charge in [-0.05, 0) is 60.0 Å². The standard InChI is InChI=1S/C18H19N5O3S/c1-4-26-16-10-12(8-9-15(16)25-2)17(24)19-13-6-5-7-14(11-13)23-18(27-3)20-21-22-23/h5-11H,4H2,1-3H3,(H,19,24). The van der Waals surface area contributed by atoms with E-state index in [1.807, 2.05) is 25.3 Å². The molecule has 1 heterocycles. The maximum atomic E-state index is 12.6. The molecule has 0 saturated heterocycles. The molecule has 0 spiro atoms. The van der Waals surface area contributed by atoms with Crippen molar-refractivity contribution in [2.75, 3.05) is 25.3 Å². The van der Waals surface area contributed by atoms with Crippen LogP contribution in [-0.2, 0) is 0 Å². The average molecular weight is 385 g/mol. The van der Waals surface area contributed by atoms with Crippen molar-refractivity contribution in [2.45, 2.75) is 12.1 Å². The Hall–Kier alpha value is -3.07. The number of nitrogens with one attached hydrogen (secondary N) is 1. The molecule has 1 amide bonds. The number of hydrogen-bond donors (Lipinski definition) is 1. The van der Waals surface area contributed by atoms with E-state index in [4.69, 9.17) is 9.47 Å². The number of methoxy groups -OCH3 is 1. The first kappa shape index (κ1) is 18.7. The van der Waals surface area contributed by atoms with Crippen LogP contribution in [-0.4, -0.2) is 46.1 Å². The largest absolute Gasteiger partial charge is 0.493 e. The van der Waals surface area contributed by atoms with E-state index >= 15 is 0 Å². The first-order chi connectivity index (χ1) is 13.2. The van der Waals surface area contributed by atoms with Crippen LogP contribution >= 0.6 is 11.8 Å². The Labute approximate surface area is 160 Å². The number of rotatable bonds is 7. The zero-order valence-corrected chi connectivity index (χ0v) is 16.0. The van der Waals surface area contributed by atoms with Gasteiger partial charge in [0.05, 0.1) is 19.4 Å². The smallest absolute Gasteiger partial charge is 0.255 e. The highest BCUT2D eigenvalue weighted by atomic mass is 32.2. The lowest BCUT2D eigenvalue weighted by atomic mass is 10.1. The summed E-state index contributed by atoms with van der Waals surface area (Å²) in [6.45, 7) is 2.35. The van der Waals surface area contributed by atoms with Gasteiger partial charge in [0.15, 0.2) is 11.5 Å². The molecule has 140 valence electrons. The maximum absolute atomic E-state index is 12.6. The SMILES string of the molecule is CCOc1cc(C(=O)Nc2cccc(-n3nnnc3SC)c2)ccc1OC. The fourth-order valence-electron chi connectivity index (χ4n) is 2.47. The molecule has 0 unspecified atom stereocenters. The average Bonchev–Trinajstić information content (AvgIpc) is 3.17. The molecule has 0 bridgehead atoms. The molecule has 9 heteroatoms. The third-order valence-corrected chi connectivity index (χ3v) is 4.32. The van der Waals surface area contributed by atoms with Crippen molar-refractivity contribution in [2.24, 2.45) is 0 Å². The minimum atomic E-state index is -0.252. The molecular formula is C18H19N5O3S. The van der Waals surface area contributed by atoms with Gasteiger partial charge in [-0.2, -0.15) is 4.68 Å². The van der Waals surface area contributed by atoms with E-state index in [1.165, 1.54) is 11.8 Å². The van der Waals surface area contributed by atoms with Gasteiger partial charge in [-0.1, -0.05) is 17.8 Å². The summed E-state index contributed by atoms with van der Waals surface area (Å²) in [6.07, 6.45) is 1.90. The van der Waals surface area contributed by atoms with Crippen LogP contribution in [0.1, 0.15) is 17.3 Å². The van der Waals surface area contributed by atoms with E-state index in [0.29, 0.717) is 34.5 Å². The van der Waals surface area contributed by atoms with Crippen molar-refractivity contribution in [3.63, 3.8) is 0 Å². The monoisotopic (exact) mass is 385 g/mol. The molecule has 8 nitrogen and oxygen atoms in total. The Bertz CT molecular complexity index is 944. The van der Waals surface area contributed by atoms with Crippen molar-refractivity contribution < 1.29 is 14.3 Å². The van der Waals surface area contributed by atoms with E-state index in [0.717, 1.165) is 5.69 Å². The number of hydrogen-bond acceptors (Lipinski definition) is 7. The minimum absolute atomic E-state index is 0.252. The number of carbonyl (C=O) groups excluding carboxylic acids is 1. The van der Waals surface area contributed by atoms with Crippen LogP contribution in [0.25, 0.3) is 5.69 Å². The van der Waals surface area contributed by atoms with Gasteiger partial charge >= 0.3 is 0 Å². The van der Waals surface area contributed by atoms with E-state index in [1.54, 1.807) is 42.1 Å². The van der Waals surface area contributed by atoms with Crippen molar-refractivity contribution in [1.82, 2.24) is 20.2 Å². The lowest BCUT2D eigenvalue weighted by molar-refractivity contribution is 0.102. The first-order valence-corrected chi connectivity index (χ1v) is 9.43. The summed E-state index contributed by atoms with van der Waals surface area (Å²) in [5, 5.41) is 15.1. The van der Waals surface area contributed by atoms with Gasteiger partial charge < -0.3 is 14.8 Å². The number of anilines is 1. The van der Waals surface area contributed by atoms with Crippen LogP contribution < -0.4 is 14.8 Å². The maximum Gasteiger partial charge on any atom is 0.255 e. The summed E-state index contributed by atoms with van der Waals surface area (Å²) < 4.78 is 12.4. The molecule has 27 heavy (non-hydrogen) atoms. The van der Waals surface area contributed by atoms with Gasteiger partial charge in [0.25, 0.3) is 5.91 Å². The lowest BCUT2D eigenvalue weighted by Gasteiger charge is -2.12. The highest BCUT2D eigenvalue weighted by Gasteiger charge is 2.13. The third kappa shape index (κ3) is 4.20. The van der Waals surface area contributed by atoms with E-state index in [-0.39, 0.29) is 5.91 Å². The van der Waals surface area contributed by atoms with Crippen molar-refractivity contribution in [1.29, 1.82) is 0 Å². The Balaban J connectivity index is 1.82. The molecule has 3 rings (SSSR count). The van der Waals surface area contributed by atoms with Gasteiger partial charge in [-0.3, -0.25) is 4.79 Å². The second-order valence-electron chi connectivity index (χ2n) is 5.38. The molecular weight excluding hydrogens is 366 g/mol. The second kappa shape index (κ2) is 8.54. The van der Waals surface area contributed by atoms with Crippen LogP contribution in [0.5, 0.6) is 11.5 Å². The van der Waals surface area contributed by atoms with E-state index in [9.17, 15) is 4.79 Å². The molecule has 0 saturated carbocycles. The number of thioether (sulfide) groups is 1. The zero-order valence-electron chi connectivity index (χ0n) is 15.2. The van der Waals surface area contributed by atoms with Gasteiger partial charge in [0, 0.05) is 11.3 Å². The molecule has 2 aromatic carbocycles. The number of benzene rings is 2. The fourth-order valence-corrected chi connectivity index (χ4v) is 2.91. The third-order valence-electron chi connectivity index (χ3n) is 3.70. The molecule has 0 aliphatic rings. The van der Waals surface area contributed by atoms with E-state index < -0.39 is 0 Å². The highest BCUT2D eigenvalue weighted by molar-refractivity contribution is 7.98. The van der Waals surface area contributed by atoms with Crippen LogP contribution in [0.3, 0.4) is 0 Å². The number of tetrazole rings is 1. The van der Waals surface area contributed by atoms with Gasteiger partial charge in [0.1, 0.15) is 0 Å². The zero-order chi connectivity index (χ0) is 19.2. The minimum Gasteiger partial charge on any atom is -0.493 e. The summed E-state index contributed by atoms with van der Waals surface area (Å²) in [4.78, 5) is 12.6. The van der Waals surface area contributed by atoms with Gasteiger partial charge in [0.2, 0.25) is 5.16 Å². The second-order valence-corrected chi connectivity index (χ2v) is 6.15. The quantitative estimate of drug-likeness (QED) is 0.625. The normalized spacial score (nSPS) is 10.5. The van der Waals surface area contributed by atoms with E-state index in [2.05, 4.69) is 20.8 Å². The van der Waals surface area contributed by atoms with Crippen LogP contribution in [0.15, 0.2) is 47.6 Å². The topological polar surface area (TPSA) is 91.2 Å². The molecule has 0 aliphatic carbocycles. The van der Waals surface area contributed by atoms with Crippen LogP contribution in [0, 0.1) is 0 Å². The molecule has 0 radical (unpaired) electrons. The summed E-state index contributed by atoms with van der Waals surface area (Å²) >= 11 is 1.44. The van der Waals surface area contributed by atoms with Crippen LogP contribution in [0.4, 0.5) is 5.69 Å². The van der Waals surface area contributed by atoms with Crippen molar-refractivity contribution >= 4 is 23.4 Å². The summed E-state index contributed by atoms with van der Waals surface area (Å²) in [7, 11) is 1.56. The summed E-state index contributed by atoms with van der Waals surface area (Å²) in [6, 6.07) is 12.4.